The molecule has 2 atom stereocenters. The zero-order chi connectivity index (χ0) is 18.5. The molecule has 1 aromatic heterocycles. The van der Waals surface area contributed by atoms with Crippen molar-refractivity contribution in [3.8, 4) is 0 Å². The number of nitrogens with zero attached hydrogens (tertiary/aromatic N) is 3. The predicted octanol–water partition coefficient (Wildman–Crippen LogP) is 1.45. The minimum Gasteiger partial charge on any atom is -0.383 e. The highest BCUT2D eigenvalue weighted by Gasteiger charge is 2.31. The molecule has 2 amide bonds. The van der Waals surface area contributed by atoms with E-state index in [0.29, 0.717) is 26.2 Å². The minimum atomic E-state index is -0.159. The van der Waals surface area contributed by atoms with E-state index in [2.05, 4.69) is 17.0 Å². The molecule has 26 heavy (non-hydrogen) atoms. The lowest BCUT2D eigenvalue weighted by Gasteiger charge is -2.33. The molecule has 0 saturated carbocycles. The maximum absolute atomic E-state index is 12.9. The summed E-state index contributed by atoms with van der Waals surface area (Å²) in [7, 11) is 1.68. The van der Waals surface area contributed by atoms with Crippen LogP contribution in [0.3, 0.4) is 0 Å². The van der Waals surface area contributed by atoms with Gasteiger partial charge in [-0.05, 0) is 43.7 Å². The van der Waals surface area contributed by atoms with Crippen molar-refractivity contribution in [2.75, 3.05) is 26.8 Å². The second kappa shape index (κ2) is 8.49. The zero-order valence-electron chi connectivity index (χ0n) is 15.4. The van der Waals surface area contributed by atoms with Crippen molar-refractivity contribution < 1.29 is 14.3 Å². The molecule has 7 heteroatoms. The number of carbonyl (C=O) groups is 2. The molecule has 1 aliphatic heterocycles. The average molecular weight is 360 g/mol. The lowest BCUT2D eigenvalue weighted by atomic mass is 9.91. The van der Waals surface area contributed by atoms with Gasteiger partial charge >= 0.3 is 0 Å². The first kappa shape index (κ1) is 18.6. The largest absolute Gasteiger partial charge is 0.383 e. The number of hydrogen-bond acceptors (Lipinski definition) is 4. The van der Waals surface area contributed by atoms with Crippen LogP contribution in [0, 0.1) is 5.92 Å². The van der Waals surface area contributed by atoms with Crippen LogP contribution in [-0.4, -0.2) is 53.3 Å². The normalized spacial score (nSPS) is 22.6. The van der Waals surface area contributed by atoms with E-state index in [4.69, 9.17) is 4.74 Å². The lowest BCUT2D eigenvalue weighted by Crippen LogP contribution is -2.46. The van der Waals surface area contributed by atoms with E-state index < -0.39 is 0 Å². The summed E-state index contributed by atoms with van der Waals surface area (Å²) in [5.74, 6) is -0.225. The molecule has 1 N–H and O–H groups in total. The topological polar surface area (TPSA) is 76.5 Å². The van der Waals surface area contributed by atoms with Crippen LogP contribution in [0.2, 0.25) is 0 Å². The SMILES string of the molecule is C=CC(=O)N1CCCC(C(=O)NC2CCCc3cnn(CCOC)c32)C1. The van der Waals surface area contributed by atoms with Crippen molar-refractivity contribution >= 4 is 11.8 Å². The van der Waals surface area contributed by atoms with E-state index in [-0.39, 0.29) is 23.8 Å². The summed E-state index contributed by atoms with van der Waals surface area (Å²) in [5.41, 5.74) is 2.32. The van der Waals surface area contributed by atoms with Crippen LogP contribution in [0.5, 0.6) is 0 Å². The number of ether oxygens (including phenoxy) is 1. The highest BCUT2D eigenvalue weighted by Crippen LogP contribution is 2.30. The molecule has 0 aromatic carbocycles. The quantitative estimate of drug-likeness (QED) is 0.779. The van der Waals surface area contributed by atoms with Gasteiger partial charge in [-0.25, -0.2) is 0 Å². The Labute approximate surface area is 154 Å². The van der Waals surface area contributed by atoms with E-state index in [0.717, 1.165) is 37.8 Å². The Balaban J connectivity index is 1.68. The Hall–Kier alpha value is -2.15. The summed E-state index contributed by atoms with van der Waals surface area (Å²) in [6, 6.07) is -0.0175. The molecule has 3 rings (SSSR count). The molecule has 1 fully saturated rings. The molecule has 0 spiro atoms. The number of nitrogens with one attached hydrogen (secondary N) is 1. The van der Waals surface area contributed by atoms with Gasteiger partial charge in [0.1, 0.15) is 0 Å². The number of aryl methyl sites for hydroxylation is 1. The fourth-order valence-corrected chi connectivity index (χ4v) is 3.97. The number of fused-ring (bicyclic) bond motifs is 1. The molecule has 1 saturated heterocycles. The third-order valence-electron chi connectivity index (χ3n) is 5.33. The summed E-state index contributed by atoms with van der Waals surface area (Å²) < 4.78 is 7.12. The molecule has 2 heterocycles. The van der Waals surface area contributed by atoms with Crippen LogP contribution in [-0.2, 0) is 27.3 Å². The number of hydrogen-bond donors (Lipinski definition) is 1. The van der Waals surface area contributed by atoms with E-state index in [9.17, 15) is 9.59 Å². The first-order chi connectivity index (χ1) is 12.6. The van der Waals surface area contributed by atoms with Gasteiger partial charge in [0.05, 0.1) is 37.0 Å². The second-order valence-electron chi connectivity index (χ2n) is 7.05. The molecule has 142 valence electrons. The van der Waals surface area contributed by atoms with Gasteiger partial charge in [-0.1, -0.05) is 6.58 Å². The predicted molar refractivity (Wildman–Crippen MR) is 97.4 cm³/mol. The van der Waals surface area contributed by atoms with Crippen molar-refractivity contribution in [1.82, 2.24) is 20.0 Å². The number of aromatic nitrogens is 2. The molecule has 1 aromatic rings. The summed E-state index contributed by atoms with van der Waals surface area (Å²) in [6.45, 7) is 5.99. The molecule has 0 bridgehead atoms. The smallest absolute Gasteiger partial charge is 0.245 e. The molecule has 7 nitrogen and oxygen atoms in total. The monoisotopic (exact) mass is 360 g/mol. The van der Waals surface area contributed by atoms with E-state index in [1.165, 1.54) is 11.6 Å². The van der Waals surface area contributed by atoms with Crippen LogP contribution in [0.15, 0.2) is 18.9 Å². The summed E-state index contributed by atoms with van der Waals surface area (Å²) in [4.78, 5) is 26.4. The highest BCUT2D eigenvalue weighted by molar-refractivity contribution is 5.88. The third kappa shape index (κ3) is 3.98. The first-order valence-electron chi connectivity index (χ1n) is 9.39. The molecule has 2 unspecified atom stereocenters. The molecule has 2 aliphatic rings. The number of likely N-dealkylation sites (tertiary alicyclic amines) is 1. The van der Waals surface area contributed by atoms with Gasteiger partial charge in [0, 0.05) is 20.2 Å². The van der Waals surface area contributed by atoms with Gasteiger partial charge in [0.15, 0.2) is 0 Å². The van der Waals surface area contributed by atoms with E-state index in [1.54, 1.807) is 12.0 Å². The van der Waals surface area contributed by atoms with Crippen molar-refractivity contribution in [3.05, 3.63) is 30.1 Å². The lowest BCUT2D eigenvalue weighted by molar-refractivity contribution is -0.132. The van der Waals surface area contributed by atoms with Crippen LogP contribution in [0.25, 0.3) is 0 Å². The highest BCUT2D eigenvalue weighted by atomic mass is 16.5. The third-order valence-corrected chi connectivity index (χ3v) is 5.33. The van der Waals surface area contributed by atoms with Crippen molar-refractivity contribution in [2.45, 2.75) is 44.7 Å². The number of piperidine rings is 1. The maximum atomic E-state index is 12.9. The Morgan fingerprint density at radius 3 is 3.04 bits per heavy atom. The van der Waals surface area contributed by atoms with Crippen LogP contribution in [0.4, 0.5) is 0 Å². The van der Waals surface area contributed by atoms with Crippen LogP contribution < -0.4 is 5.32 Å². The average Bonchev–Trinajstić information content (AvgIpc) is 3.10. The number of carbonyl (C=O) groups excluding carboxylic acids is 2. The fraction of sp³-hybridized carbons (Fsp3) is 0.632. The van der Waals surface area contributed by atoms with Crippen molar-refractivity contribution in [1.29, 1.82) is 0 Å². The second-order valence-corrected chi connectivity index (χ2v) is 7.05. The fourth-order valence-electron chi connectivity index (χ4n) is 3.97. The number of amides is 2. The minimum absolute atomic E-state index is 0.0175. The van der Waals surface area contributed by atoms with Gasteiger partial charge in [-0.3, -0.25) is 14.3 Å². The molecular weight excluding hydrogens is 332 g/mol. The van der Waals surface area contributed by atoms with Gasteiger partial charge in [-0.2, -0.15) is 5.10 Å². The summed E-state index contributed by atoms with van der Waals surface area (Å²) in [5, 5.41) is 7.69. The summed E-state index contributed by atoms with van der Waals surface area (Å²) >= 11 is 0. The molecular formula is C19H28N4O3. The van der Waals surface area contributed by atoms with Gasteiger partial charge in [-0.15, -0.1) is 0 Å². The van der Waals surface area contributed by atoms with E-state index >= 15 is 0 Å². The van der Waals surface area contributed by atoms with Crippen LogP contribution >= 0.6 is 0 Å². The van der Waals surface area contributed by atoms with E-state index in [1.807, 2.05) is 10.9 Å². The molecule has 1 aliphatic carbocycles. The Kier molecular flexibility index (Phi) is 6.08. The van der Waals surface area contributed by atoms with Crippen LogP contribution in [0.1, 0.15) is 43.0 Å². The molecule has 0 radical (unpaired) electrons. The van der Waals surface area contributed by atoms with Gasteiger partial charge in [0.2, 0.25) is 11.8 Å². The van der Waals surface area contributed by atoms with Gasteiger partial charge < -0.3 is 15.0 Å². The van der Waals surface area contributed by atoms with Gasteiger partial charge in [0.25, 0.3) is 0 Å². The Morgan fingerprint density at radius 1 is 1.42 bits per heavy atom. The van der Waals surface area contributed by atoms with Crippen molar-refractivity contribution in [2.24, 2.45) is 5.92 Å². The standard InChI is InChI=1S/C19H28N4O3/c1-3-17(24)22-9-5-7-15(13-22)19(25)21-16-8-4-6-14-12-20-23(18(14)16)10-11-26-2/h3,12,15-16H,1,4-11,13H2,2H3,(H,21,25). The number of rotatable bonds is 6. The number of methoxy groups -OCH3 is 1. The van der Waals surface area contributed by atoms with Crippen molar-refractivity contribution in [3.63, 3.8) is 0 Å². The Bertz CT molecular complexity index is 670. The first-order valence-corrected chi connectivity index (χ1v) is 9.39. The summed E-state index contributed by atoms with van der Waals surface area (Å²) in [6.07, 6.45) is 7.85. The zero-order valence-corrected chi connectivity index (χ0v) is 15.4. The Morgan fingerprint density at radius 2 is 2.27 bits per heavy atom. The maximum Gasteiger partial charge on any atom is 0.245 e.